The van der Waals surface area contributed by atoms with Gasteiger partial charge in [0.15, 0.2) is 0 Å². The molecule has 5 aliphatic rings. The van der Waals surface area contributed by atoms with E-state index in [1.54, 1.807) is 23.1 Å². The topological polar surface area (TPSA) is 200 Å². The van der Waals surface area contributed by atoms with Gasteiger partial charge in [-0.25, -0.2) is 4.79 Å². The summed E-state index contributed by atoms with van der Waals surface area (Å²) >= 11 is 6.80. The smallest absolute Gasteiger partial charge is 0.319 e. The van der Waals surface area contributed by atoms with Crippen molar-refractivity contribution in [2.24, 2.45) is 0 Å². The van der Waals surface area contributed by atoms with Gasteiger partial charge >= 0.3 is 12.0 Å². The average molecular weight is 1020 g/mol. The fraction of sp³-hybridized carbons (Fsp3) is 0.382. The highest BCUT2D eigenvalue weighted by atomic mass is 35.5. The molecule has 10 rings (SSSR count). The summed E-state index contributed by atoms with van der Waals surface area (Å²) in [6.07, 6.45) is 3.42. The van der Waals surface area contributed by atoms with Crippen LogP contribution in [-0.4, -0.2) is 132 Å². The van der Waals surface area contributed by atoms with Crippen LogP contribution in [0.25, 0.3) is 10.8 Å². The molecule has 3 saturated heterocycles. The number of halogens is 1. The molecule has 3 atom stereocenters. The quantitative estimate of drug-likeness (QED) is 0.0863. The summed E-state index contributed by atoms with van der Waals surface area (Å²) in [6.45, 7) is 8.83. The van der Waals surface area contributed by atoms with Crippen LogP contribution in [0, 0.1) is 11.3 Å². The van der Waals surface area contributed by atoms with Crippen molar-refractivity contribution >= 4 is 74.9 Å². The minimum Gasteiger partial charge on any atom is -0.462 e. The van der Waals surface area contributed by atoms with Gasteiger partial charge in [0.25, 0.3) is 11.8 Å². The van der Waals surface area contributed by atoms with Crippen molar-refractivity contribution in [2.75, 3.05) is 80.0 Å². The molecule has 5 aliphatic heterocycles. The van der Waals surface area contributed by atoms with Gasteiger partial charge in [-0.3, -0.25) is 24.5 Å². The number of hydrogen-bond acceptors (Lipinski definition) is 13. The monoisotopic (exact) mass is 1020 g/mol. The van der Waals surface area contributed by atoms with Crippen LogP contribution in [0.3, 0.4) is 0 Å². The number of benzene rings is 4. The Morgan fingerprint density at radius 1 is 0.946 bits per heavy atom. The molecule has 6 amide bonds. The van der Waals surface area contributed by atoms with Gasteiger partial charge in [0.1, 0.15) is 18.5 Å². The summed E-state index contributed by atoms with van der Waals surface area (Å²) in [6, 6.07) is 26.1. The first-order chi connectivity index (χ1) is 35.8. The lowest BCUT2D eigenvalue weighted by molar-refractivity contribution is -0.137. The Labute approximate surface area is 434 Å². The number of rotatable bonds is 14. The molecule has 0 aliphatic carbocycles. The van der Waals surface area contributed by atoms with Crippen LogP contribution in [0.15, 0.2) is 91.0 Å². The van der Waals surface area contributed by atoms with E-state index in [1.165, 1.54) is 4.90 Å². The van der Waals surface area contributed by atoms with Crippen LogP contribution in [0.2, 0.25) is 5.02 Å². The average Bonchev–Trinajstić information content (AvgIpc) is 3.97. The molecule has 18 nitrogen and oxygen atoms in total. The summed E-state index contributed by atoms with van der Waals surface area (Å²) in [4.78, 5) is 86.7. The van der Waals surface area contributed by atoms with Crippen molar-refractivity contribution in [1.29, 1.82) is 5.26 Å². The van der Waals surface area contributed by atoms with Crippen molar-refractivity contribution in [3.8, 4) is 12.1 Å². The molecule has 0 saturated carbocycles. The minimum absolute atomic E-state index is 0.122. The third-order valence-corrected chi connectivity index (χ3v) is 15.3. The minimum atomic E-state index is -0.707. The number of aromatic nitrogens is 2. The molecule has 0 spiro atoms. The van der Waals surface area contributed by atoms with Crippen LogP contribution in [0.4, 0.5) is 27.7 Å². The molecule has 5 aromatic rings. The van der Waals surface area contributed by atoms with Gasteiger partial charge in [0.05, 0.1) is 35.8 Å². The lowest BCUT2D eigenvalue weighted by Crippen LogP contribution is -2.56. The molecule has 3 fully saturated rings. The Morgan fingerprint density at radius 3 is 2.57 bits per heavy atom. The fourth-order valence-corrected chi connectivity index (χ4v) is 11.3. The summed E-state index contributed by atoms with van der Waals surface area (Å²) in [5.41, 5.74) is 6.61. The first kappa shape index (κ1) is 49.8. The number of nitrogens with zero attached hydrogens (tertiary/aromatic N) is 9. The fourth-order valence-electron chi connectivity index (χ4n) is 11.0. The molecule has 1 unspecified atom stereocenters. The number of carbonyl (C=O) groups is 5. The molecule has 6 heterocycles. The number of likely N-dealkylation sites (N-methyl/N-ethyl adjacent to an activating group) is 2. The number of fused-ring (bicyclic) bond motifs is 3. The van der Waals surface area contributed by atoms with Gasteiger partial charge in [-0.1, -0.05) is 60.6 Å². The maximum Gasteiger partial charge on any atom is 0.319 e. The molecule has 74 heavy (non-hydrogen) atoms. The zero-order chi connectivity index (χ0) is 51.6. The van der Waals surface area contributed by atoms with E-state index < -0.39 is 24.0 Å². The molecule has 382 valence electrons. The zero-order valence-electron chi connectivity index (χ0n) is 41.6. The molecule has 0 radical (unpaired) electrons. The van der Waals surface area contributed by atoms with Crippen LogP contribution >= 0.6 is 11.6 Å². The van der Waals surface area contributed by atoms with E-state index >= 15 is 0 Å². The van der Waals surface area contributed by atoms with Crippen molar-refractivity contribution in [2.45, 2.75) is 76.3 Å². The number of likely N-dealkylation sites (tertiary alicyclic amines) is 1. The maximum absolute atomic E-state index is 14.3. The van der Waals surface area contributed by atoms with Gasteiger partial charge in [-0.2, -0.15) is 15.2 Å². The number of amides is 6. The van der Waals surface area contributed by atoms with E-state index in [2.05, 4.69) is 74.6 Å². The van der Waals surface area contributed by atoms with Gasteiger partial charge in [-0.15, -0.1) is 0 Å². The van der Waals surface area contributed by atoms with E-state index in [1.807, 2.05) is 48.3 Å². The standard InChI is InChI=1S/C55H59ClN12O6/c1-34(29-64(3)39-11-6-10-38(27-39)59-54(73)58-28-35-15-16-42-37(26-35)30-68(53(42)72)47-17-18-48(69)61-51(47)70)52(71)67-25-24-66(31-40(67)19-21-57)50-43-20-23-65(46-14-5-9-36-8-4-13-44(56)49(36)46)32-45(43)60-55(62-50)74-33-41-12-7-22-63(41)2/h4-6,8-11,13-16,26-27,40-41,47H,1,7,12,17-20,22-25,28-33H2,2-3H3,(H2,58,59,73)(H,61,69,70)/t40-,41-,47?/m0/s1. The lowest BCUT2D eigenvalue weighted by Gasteiger charge is -2.43. The predicted octanol–water partition coefficient (Wildman–Crippen LogP) is 6.03. The van der Waals surface area contributed by atoms with Crippen LogP contribution in [0.1, 0.15) is 64.8 Å². The second-order valence-corrected chi connectivity index (χ2v) is 20.2. The highest BCUT2D eigenvalue weighted by Gasteiger charge is 2.40. The Balaban J connectivity index is 0.771. The molecule has 4 aromatic carbocycles. The van der Waals surface area contributed by atoms with E-state index in [0.717, 1.165) is 76.3 Å². The van der Waals surface area contributed by atoms with Crippen molar-refractivity contribution in [3.05, 3.63) is 124 Å². The highest BCUT2D eigenvalue weighted by molar-refractivity contribution is 6.36. The summed E-state index contributed by atoms with van der Waals surface area (Å²) < 4.78 is 6.41. The number of nitriles is 1. The van der Waals surface area contributed by atoms with Gasteiger partial charge in [-0.05, 0) is 92.2 Å². The first-order valence-corrected chi connectivity index (χ1v) is 25.6. The number of piperazine rings is 1. The highest BCUT2D eigenvalue weighted by Crippen LogP contribution is 2.38. The molecule has 19 heteroatoms. The maximum atomic E-state index is 14.3. The van der Waals surface area contributed by atoms with E-state index in [4.69, 9.17) is 26.3 Å². The van der Waals surface area contributed by atoms with Crippen molar-refractivity contribution < 1.29 is 28.7 Å². The Morgan fingerprint density at radius 2 is 1.77 bits per heavy atom. The van der Waals surface area contributed by atoms with Crippen LogP contribution in [-0.2, 0) is 40.4 Å². The van der Waals surface area contributed by atoms with Gasteiger partial charge in [0.2, 0.25) is 11.8 Å². The zero-order valence-corrected chi connectivity index (χ0v) is 42.4. The van der Waals surface area contributed by atoms with Crippen molar-refractivity contribution in [3.63, 3.8) is 0 Å². The molecular weight excluding hydrogens is 960 g/mol. The number of imide groups is 1. The summed E-state index contributed by atoms with van der Waals surface area (Å²) in [5, 5.41) is 20.9. The second-order valence-electron chi connectivity index (χ2n) is 19.8. The second kappa shape index (κ2) is 21.4. The van der Waals surface area contributed by atoms with E-state index in [0.29, 0.717) is 67.1 Å². The Bertz CT molecular complexity index is 3100. The van der Waals surface area contributed by atoms with Crippen LogP contribution < -0.4 is 35.4 Å². The number of nitrogens with one attached hydrogen (secondary N) is 3. The third-order valence-electron chi connectivity index (χ3n) is 15.0. The number of ether oxygens (including phenoxy) is 1. The Hall–Kier alpha value is -7.75. The van der Waals surface area contributed by atoms with Crippen molar-refractivity contribution in [1.82, 2.24) is 35.3 Å². The number of hydrogen-bond donors (Lipinski definition) is 3. The normalized spacial score (nSPS) is 19.7. The van der Waals surface area contributed by atoms with E-state index in [9.17, 15) is 29.2 Å². The largest absolute Gasteiger partial charge is 0.462 e. The summed E-state index contributed by atoms with van der Waals surface area (Å²) in [5.74, 6) is -0.527. The lowest BCUT2D eigenvalue weighted by atomic mass is 10.0. The van der Waals surface area contributed by atoms with Gasteiger partial charge in [0, 0.05) is 104 Å². The molecule has 3 N–H and O–H groups in total. The Kier molecular flexibility index (Phi) is 14.4. The number of urea groups is 1. The first-order valence-electron chi connectivity index (χ1n) is 25.2. The third kappa shape index (κ3) is 10.4. The number of carbonyl (C=O) groups excluding carboxylic acids is 5. The van der Waals surface area contributed by atoms with Gasteiger partial charge < -0.3 is 44.8 Å². The molecule has 0 bridgehead atoms. The molecule has 1 aromatic heterocycles. The summed E-state index contributed by atoms with van der Waals surface area (Å²) in [7, 11) is 3.96. The predicted molar refractivity (Wildman–Crippen MR) is 282 cm³/mol. The number of piperidine rings is 1. The van der Waals surface area contributed by atoms with Crippen LogP contribution in [0.5, 0.6) is 6.01 Å². The SMILES string of the molecule is C=C(CN(C)c1cccc(NC(=O)NCc2ccc3c(c2)CN(C2CCC(=O)NC2=O)C3=O)c1)C(=O)N1CCN(c2nc(OC[C@@H]3CCCN3C)nc3c2CCN(c2cccc4cccc(Cl)c24)C3)C[C@@H]1CC#N. The number of anilines is 4. The molecular formula is C55H59ClN12O6. The van der Waals surface area contributed by atoms with E-state index in [-0.39, 0.29) is 62.7 Å².